The van der Waals surface area contributed by atoms with Crippen LogP contribution in [0.4, 0.5) is 5.69 Å². The van der Waals surface area contributed by atoms with Crippen LogP contribution < -0.4 is 16.3 Å². The molecule has 134 valence electrons. The molecule has 4 rings (SSSR count). The molecule has 0 saturated carbocycles. The first-order valence-corrected chi connectivity index (χ1v) is 8.11. The number of carbonyl (C=O) groups excluding carboxylic acids is 1. The fourth-order valence-corrected chi connectivity index (χ4v) is 3.00. The molecular weight excluding hydrogens is 348 g/mol. The lowest BCUT2D eigenvalue weighted by Crippen LogP contribution is -2.25. The number of hydrogen-bond acceptors (Lipinski definition) is 5. The van der Waals surface area contributed by atoms with Crippen LogP contribution in [0.25, 0.3) is 16.8 Å². The molecule has 1 aliphatic rings. The molecule has 1 aromatic heterocycles. The van der Waals surface area contributed by atoms with Gasteiger partial charge in [0, 0.05) is 5.39 Å². The number of anilines is 1. The summed E-state index contributed by atoms with van der Waals surface area (Å²) in [7, 11) is 0. The number of aromatic hydroxyl groups is 1. The third kappa shape index (κ3) is 2.73. The van der Waals surface area contributed by atoms with E-state index in [1.54, 1.807) is 13.0 Å². The molecule has 1 aliphatic heterocycles. The summed E-state index contributed by atoms with van der Waals surface area (Å²) in [6.07, 6.45) is 1.22. The van der Waals surface area contributed by atoms with Crippen molar-refractivity contribution in [3.63, 3.8) is 0 Å². The second-order valence-electron chi connectivity index (χ2n) is 6.03. The van der Waals surface area contributed by atoms with Gasteiger partial charge in [0.2, 0.25) is 5.88 Å². The molecule has 0 aliphatic carbocycles. The third-order valence-electron chi connectivity index (χ3n) is 4.30. The standard InChI is InChI=1S/C19H14N4O4/c1-10-13(9-14-16(24)20-19(27)21-17(14)25)18(26)23(22-10)15-8-4-6-11-5-2-3-7-12(11)15/h2-9H,1H3,(H3,20,21,24,25,27)/b13-9-. The van der Waals surface area contributed by atoms with Crippen molar-refractivity contribution in [2.75, 3.05) is 5.01 Å². The molecule has 27 heavy (non-hydrogen) atoms. The van der Waals surface area contributed by atoms with Crippen LogP contribution in [-0.4, -0.2) is 26.7 Å². The molecule has 8 nitrogen and oxygen atoms in total. The number of rotatable bonds is 2. The summed E-state index contributed by atoms with van der Waals surface area (Å²) in [6, 6.07) is 13.2. The second kappa shape index (κ2) is 6.10. The smallest absolute Gasteiger partial charge is 0.328 e. The lowest BCUT2D eigenvalue weighted by molar-refractivity contribution is -0.114. The predicted octanol–water partition coefficient (Wildman–Crippen LogP) is 1.73. The van der Waals surface area contributed by atoms with Crippen molar-refractivity contribution in [2.45, 2.75) is 6.92 Å². The van der Waals surface area contributed by atoms with E-state index in [9.17, 15) is 19.5 Å². The Morgan fingerprint density at radius 2 is 1.78 bits per heavy atom. The van der Waals surface area contributed by atoms with Crippen LogP contribution in [0.5, 0.6) is 5.88 Å². The maximum absolute atomic E-state index is 12.9. The lowest BCUT2D eigenvalue weighted by Gasteiger charge is -2.14. The molecular formula is C19H14N4O4. The Morgan fingerprint density at radius 3 is 2.56 bits per heavy atom. The minimum absolute atomic E-state index is 0.149. The van der Waals surface area contributed by atoms with E-state index < -0.39 is 23.0 Å². The molecule has 0 saturated heterocycles. The van der Waals surface area contributed by atoms with E-state index in [1.807, 2.05) is 41.4 Å². The number of fused-ring (bicyclic) bond motifs is 1. The van der Waals surface area contributed by atoms with Gasteiger partial charge in [0.05, 0.1) is 17.0 Å². The number of nitrogens with one attached hydrogen (secondary N) is 2. The van der Waals surface area contributed by atoms with Crippen LogP contribution in [0.3, 0.4) is 0 Å². The summed E-state index contributed by atoms with van der Waals surface area (Å²) in [6.45, 7) is 1.63. The van der Waals surface area contributed by atoms with Crippen LogP contribution in [0.15, 0.2) is 62.7 Å². The largest absolute Gasteiger partial charge is 0.494 e. The van der Waals surface area contributed by atoms with Crippen LogP contribution >= 0.6 is 0 Å². The van der Waals surface area contributed by atoms with Gasteiger partial charge >= 0.3 is 5.69 Å². The number of H-pyrrole nitrogens is 2. The van der Waals surface area contributed by atoms with Crippen LogP contribution in [0, 0.1) is 0 Å². The van der Waals surface area contributed by atoms with E-state index in [0.29, 0.717) is 11.4 Å². The fraction of sp³-hybridized carbons (Fsp3) is 0.0526. The highest BCUT2D eigenvalue weighted by atomic mass is 16.3. The number of aromatic nitrogens is 2. The maximum Gasteiger partial charge on any atom is 0.328 e. The Balaban J connectivity index is 1.83. The van der Waals surface area contributed by atoms with Gasteiger partial charge in [0.15, 0.2) is 0 Å². The highest BCUT2D eigenvalue weighted by Gasteiger charge is 2.30. The summed E-state index contributed by atoms with van der Waals surface area (Å²) in [5.74, 6) is -1.05. The highest BCUT2D eigenvalue weighted by molar-refractivity contribution is 6.33. The van der Waals surface area contributed by atoms with E-state index in [2.05, 4.69) is 10.1 Å². The number of hydrogen-bond donors (Lipinski definition) is 3. The van der Waals surface area contributed by atoms with Crippen molar-refractivity contribution in [3.8, 4) is 5.88 Å². The average molecular weight is 362 g/mol. The van der Waals surface area contributed by atoms with E-state index >= 15 is 0 Å². The summed E-state index contributed by atoms with van der Waals surface area (Å²) in [4.78, 5) is 40.2. The van der Waals surface area contributed by atoms with Crippen molar-refractivity contribution < 1.29 is 9.90 Å². The maximum atomic E-state index is 12.9. The van der Waals surface area contributed by atoms with Gasteiger partial charge in [-0.15, -0.1) is 0 Å². The zero-order chi connectivity index (χ0) is 19.1. The first-order valence-electron chi connectivity index (χ1n) is 8.11. The van der Waals surface area contributed by atoms with Crippen molar-refractivity contribution >= 4 is 34.2 Å². The SMILES string of the molecule is CC1=NN(c2cccc3ccccc23)C(=O)/C1=C\c1c(O)[nH]c(=O)[nH]c1=O. The van der Waals surface area contributed by atoms with E-state index in [0.717, 1.165) is 10.8 Å². The van der Waals surface area contributed by atoms with Gasteiger partial charge in [-0.05, 0) is 24.5 Å². The number of carbonyl (C=O) groups is 1. The van der Waals surface area contributed by atoms with Crippen LogP contribution in [-0.2, 0) is 4.79 Å². The first kappa shape index (κ1) is 16.5. The van der Waals surface area contributed by atoms with Crippen molar-refractivity contribution in [2.24, 2.45) is 5.10 Å². The summed E-state index contributed by atoms with van der Waals surface area (Å²) < 4.78 is 0. The van der Waals surface area contributed by atoms with Gasteiger partial charge in [0.1, 0.15) is 5.56 Å². The van der Waals surface area contributed by atoms with Crippen molar-refractivity contribution in [1.29, 1.82) is 0 Å². The van der Waals surface area contributed by atoms with Gasteiger partial charge in [-0.1, -0.05) is 36.4 Å². The molecule has 3 aromatic rings. The number of benzene rings is 2. The van der Waals surface area contributed by atoms with Gasteiger partial charge < -0.3 is 5.11 Å². The monoisotopic (exact) mass is 362 g/mol. The zero-order valence-corrected chi connectivity index (χ0v) is 14.2. The van der Waals surface area contributed by atoms with E-state index in [1.165, 1.54) is 11.1 Å². The summed E-state index contributed by atoms with van der Waals surface area (Å²) in [5, 5.41) is 17.2. The third-order valence-corrected chi connectivity index (χ3v) is 4.30. The Morgan fingerprint density at radius 1 is 1.04 bits per heavy atom. The number of nitrogens with zero attached hydrogens (tertiary/aromatic N) is 2. The van der Waals surface area contributed by atoms with Gasteiger partial charge in [0.25, 0.3) is 11.5 Å². The minimum atomic E-state index is -0.833. The molecule has 8 heteroatoms. The topological polar surface area (TPSA) is 119 Å². The van der Waals surface area contributed by atoms with Crippen molar-refractivity contribution in [3.05, 3.63) is 74.4 Å². The molecule has 0 fully saturated rings. The normalized spacial score (nSPS) is 15.6. The minimum Gasteiger partial charge on any atom is -0.494 e. The molecule has 0 spiro atoms. The van der Waals surface area contributed by atoms with Gasteiger partial charge in [-0.3, -0.25) is 19.6 Å². The molecule has 3 N–H and O–H groups in total. The molecule has 0 bridgehead atoms. The van der Waals surface area contributed by atoms with Gasteiger partial charge in [-0.2, -0.15) is 10.1 Å². The Bertz CT molecular complexity index is 1260. The van der Waals surface area contributed by atoms with E-state index in [-0.39, 0.29) is 11.1 Å². The predicted molar refractivity (Wildman–Crippen MR) is 102 cm³/mol. The summed E-state index contributed by atoms with van der Waals surface area (Å²) in [5.41, 5.74) is -0.699. The Kier molecular flexibility index (Phi) is 3.73. The number of hydrazone groups is 1. The number of aromatic amines is 2. The zero-order valence-electron chi connectivity index (χ0n) is 14.2. The van der Waals surface area contributed by atoms with Crippen LogP contribution in [0.1, 0.15) is 12.5 Å². The second-order valence-corrected chi connectivity index (χ2v) is 6.03. The quantitative estimate of drug-likeness (QED) is 0.602. The fourth-order valence-electron chi connectivity index (χ4n) is 3.00. The van der Waals surface area contributed by atoms with Crippen molar-refractivity contribution in [1.82, 2.24) is 9.97 Å². The molecule has 0 unspecified atom stereocenters. The average Bonchev–Trinajstić information content (AvgIpc) is 2.91. The summed E-state index contributed by atoms with van der Waals surface area (Å²) >= 11 is 0. The molecule has 2 aromatic carbocycles. The molecule has 1 amide bonds. The van der Waals surface area contributed by atoms with E-state index in [4.69, 9.17) is 0 Å². The number of amides is 1. The Hall–Kier alpha value is -3.94. The molecule has 2 heterocycles. The Labute approximate surface area is 152 Å². The highest BCUT2D eigenvalue weighted by Crippen LogP contribution is 2.31. The van der Waals surface area contributed by atoms with Gasteiger partial charge in [-0.25, -0.2) is 4.79 Å². The first-order chi connectivity index (χ1) is 13.0. The molecule has 0 atom stereocenters. The lowest BCUT2D eigenvalue weighted by atomic mass is 10.1. The molecule has 0 radical (unpaired) electrons. The van der Waals surface area contributed by atoms with Crippen LogP contribution in [0.2, 0.25) is 0 Å².